The van der Waals surface area contributed by atoms with Gasteiger partial charge in [0.25, 0.3) is 5.91 Å². The third-order valence-corrected chi connectivity index (χ3v) is 4.18. The number of nitrogens with zero attached hydrogens (tertiary/aromatic N) is 3. The van der Waals surface area contributed by atoms with Crippen LogP contribution in [0, 0.1) is 0 Å². The molecule has 7 nitrogen and oxygen atoms in total. The summed E-state index contributed by atoms with van der Waals surface area (Å²) in [5, 5.41) is 2.66. The summed E-state index contributed by atoms with van der Waals surface area (Å²) in [4.78, 5) is 20.6. The van der Waals surface area contributed by atoms with E-state index in [-0.39, 0.29) is 5.56 Å². The molecule has 0 saturated carbocycles. The third-order valence-electron chi connectivity index (χ3n) is 4.18. The van der Waals surface area contributed by atoms with Crippen molar-refractivity contribution in [3.63, 3.8) is 0 Å². The van der Waals surface area contributed by atoms with Gasteiger partial charge in [0.2, 0.25) is 5.88 Å². The van der Waals surface area contributed by atoms with Crippen LogP contribution in [0.3, 0.4) is 0 Å². The number of rotatable bonds is 6. The van der Waals surface area contributed by atoms with Crippen LogP contribution in [0.15, 0.2) is 85.5 Å². The van der Waals surface area contributed by atoms with Gasteiger partial charge in [0.1, 0.15) is 23.6 Å². The smallest absolute Gasteiger partial charge is 0.439 e. The molecular formula is C22H15F3N4O3. The first-order valence-corrected chi connectivity index (χ1v) is 9.26. The molecule has 0 atom stereocenters. The molecule has 1 amide bonds. The fraction of sp³-hybridized carbons (Fsp3) is 0.0455. The van der Waals surface area contributed by atoms with Crippen LogP contribution in [0.25, 0.3) is 5.82 Å². The third kappa shape index (κ3) is 5.42. The molecule has 162 valence electrons. The van der Waals surface area contributed by atoms with E-state index in [9.17, 15) is 18.0 Å². The number of halogens is 3. The zero-order chi connectivity index (χ0) is 22.6. The van der Waals surface area contributed by atoms with E-state index in [0.29, 0.717) is 23.1 Å². The maximum atomic E-state index is 12.3. The molecule has 10 heteroatoms. The Labute approximate surface area is 180 Å². The quantitative estimate of drug-likeness (QED) is 0.445. The van der Waals surface area contributed by atoms with E-state index in [4.69, 9.17) is 4.74 Å². The summed E-state index contributed by atoms with van der Waals surface area (Å²) in [5.74, 6) is 0.607. The van der Waals surface area contributed by atoms with Crippen LogP contribution in [0.4, 0.5) is 18.9 Å². The van der Waals surface area contributed by atoms with Crippen molar-refractivity contribution in [2.24, 2.45) is 0 Å². The van der Waals surface area contributed by atoms with Gasteiger partial charge >= 0.3 is 6.36 Å². The predicted octanol–water partition coefficient (Wildman–Crippen LogP) is 5.21. The zero-order valence-electron chi connectivity index (χ0n) is 16.3. The van der Waals surface area contributed by atoms with Gasteiger partial charge in [-0.25, -0.2) is 9.97 Å². The first-order chi connectivity index (χ1) is 15.4. The van der Waals surface area contributed by atoms with E-state index in [0.717, 1.165) is 12.1 Å². The number of ether oxygens (including phenoxy) is 2. The molecule has 4 aromatic rings. The molecule has 2 aromatic heterocycles. The lowest BCUT2D eigenvalue weighted by atomic mass is 10.2. The molecule has 0 aliphatic rings. The minimum atomic E-state index is -4.79. The lowest BCUT2D eigenvalue weighted by Crippen LogP contribution is -2.17. The number of carbonyl (C=O) groups is 1. The summed E-state index contributed by atoms with van der Waals surface area (Å²) in [6.45, 7) is 0. The van der Waals surface area contributed by atoms with E-state index < -0.39 is 18.0 Å². The molecule has 0 spiro atoms. The zero-order valence-corrected chi connectivity index (χ0v) is 16.3. The average molecular weight is 440 g/mol. The van der Waals surface area contributed by atoms with Crippen LogP contribution in [0.1, 0.15) is 10.4 Å². The molecule has 32 heavy (non-hydrogen) atoms. The van der Waals surface area contributed by atoms with Crippen molar-refractivity contribution in [1.82, 2.24) is 14.5 Å². The lowest BCUT2D eigenvalue weighted by molar-refractivity contribution is -0.274. The first kappa shape index (κ1) is 20.9. The Morgan fingerprint density at radius 1 is 0.906 bits per heavy atom. The van der Waals surface area contributed by atoms with Crippen molar-refractivity contribution >= 4 is 11.6 Å². The highest BCUT2D eigenvalue weighted by atomic mass is 19.4. The van der Waals surface area contributed by atoms with Crippen LogP contribution in [-0.2, 0) is 0 Å². The molecular weight excluding hydrogens is 425 g/mol. The average Bonchev–Trinajstić information content (AvgIpc) is 3.30. The van der Waals surface area contributed by atoms with Crippen LogP contribution < -0.4 is 14.8 Å². The summed E-state index contributed by atoms with van der Waals surface area (Å²) in [6.07, 6.45) is 0.300. The van der Waals surface area contributed by atoms with Gasteiger partial charge < -0.3 is 19.4 Å². The lowest BCUT2D eigenvalue weighted by Gasteiger charge is -2.10. The highest BCUT2D eigenvalue weighted by molar-refractivity contribution is 6.04. The van der Waals surface area contributed by atoms with Gasteiger partial charge in [-0.1, -0.05) is 0 Å². The van der Waals surface area contributed by atoms with Crippen LogP contribution in [0.2, 0.25) is 0 Å². The molecule has 0 saturated heterocycles. The normalized spacial score (nSPS) is 11.1. The highest BCUT2D eigenvalue weighted by Crippen LogP contribution is 2.24. The second kappa shape index (κ2) is 8.80. The molecule has 2 heterocycles. The Kier molecular flexibility index (Phi) is 5.75. The minimum Gasteiger partial charge on any atom is -0.439 e. The topological polar surface area (TPSA) is 78.3 Å². The van der Waals surface area contributed by atoms with Gasteiger partial charge in [-0.05, 0) is 60.7 Å². The van der Waals surface area contributed by atoms with Gasteiger partial charge in [-0.3, -0.25) is 4.79 Å². The number of hydrogen-bond acceptors (Lipinski definition) is 5. The SMILES string of the molecule is O=C(Nc1ccc(Oc2cc(-n3cccc3)ncn2)cc1)c1ccc(OC(F)(F)F)cc1. The maximum absolute atomic E-state index is 12.3. The summed E-state index contributed by atoms with van der Waals surface area (Å²) in [5.41, 5.74) is 0.659. The monoisotopic (exact) mass is 440 g/mol. The van der Waals surface area contributed by atoms with Gasteiger partial charge in [0.15, 0.2) is 0 Å². The van der Waals surface area contributed by atoms with Gasteiger partial charge in [0.05, 0.1) is 0 Å². The standard InChI is InChI=1S/C22H15F3N4O3/c23-22(24,25)32-18-7-3-15(4-8-18)21(30)28-16-5-9-17(10-6-16)31-20-13-19(26-14-27-20)29-11-1-2-12-29/h1-14H,(H,28,30). The molecule has 0 aliphatic carbocycles. The number of benzene rings is 2. The minimum absolute atomic E-state index is 0.179. The van der Waals surface area contributed by atoms with Crippen LogP contribution in [0.5, 0.6) is 17.4 Å². The Morgan fingerprint density at radius 3 is 2.22 bits per heavy atom. The van der Waals surface area contributed by atoms with E-state index in [1.54, 1.807) is 30.3 Å². The molecule has 0 unspecified atom stereocenters. The first-order valence-electron chi connectivity index (χ1n) is 9.26. The van der Waals surface area contributed by atoms with Crippen molar-refractivity contribution < 1.29 is 27.4 Å². The number of alkyl halides is 3. The number of anilines is 1. The number of aromatic nitrogens is 3. The predicted molar refractivity (Wildman–Crippen MR) is 109 cm³/mol. The Bertz CT molecular complexity index is 1190. The van der Waals surface area contributed by atoms with E-state index in [1.165, 1.54) is 18.5 Å². The van der Waals surface area contributed by atoms with Crippen molar-refractivity contribution in [1.29, 1.82) is 0 Å². The molecule has 4 rings (SSSR count). The van der Waals surface area contributed by atoms with E-state index >= 15 is 0 Å². The highest BCUT2D eigenvalue weighted by Gasteiger charge is 2.31. The molecule has 2 aromatic carbocycles. The number of nitrogens with one attached hydrogen (secondary N) is 1. The van der Waals surface area contributed by atoms with Gasteiger partial charge in [0, 0.05) is 29.7 Å². The number of amides is 1. The number of carbonyl (C=O) groups excluding carboxylic acids is 1. The van der Waals surface area contributed by atoms with Crippen LogP contribution in [-0.4, -0.2) is 26.8 Å². The van der Waals surface area contributed by atoms with Crippen molar-refractivity contribution in [3.8, 4) is 23.2 Å². The largest absolute Gasteiger partial charge is 0.573 e. The number of hydrogen-bond donors (Lipinski definition) is 1. The van der Waals surface area contributed by atoms with Crippen molar-refractivity contribution in [3.05, 3.63) is 91.0 Å². The second-order valence-electron chi connectivity index (χ2n) is 6.46. The van der Waals surface area contributed by atoms with Crippen molar-refractivity contribution in [2.75, 3.05) is 5.32 Å². The second-order valence-corrected chi connectivity index (χ2v) is 6.46. The summed E-state index contributed by atoms with van der Waals surface area (Å²) in [7, 11) is 0. The van der Waals surface area contributed by atoms with Gasteiger partial charge in [-0.15, -0.1) is 13.2 Å². The van der Waals surface area contributed by atoms with E-state index in [1.807, 2.05) is 29.1 Å². The molecule has 0 fully saturated rings. The molecule has 0 aliphatic heterocycles. The maximum Gasteiger partial charge on any atom is 0.573 e. The Morgan fingerprint density at radius 2 is 1.56 bits per heavy atom. The van der Waals surface area contributed by atoms with Gasteiger partial charge in [-0.2, -0.15) is 0 Å². The molecule has 1 N–H and O–H groups in total. The summed E-state index contributed by atoms with van der Waals surface area (Å²) < 4.78 is 48.0. The Hall–Kier alpha value is -4.34. The fourth-order valence-corrected chi connectivity index (χ4v) is 2.75. The summed E-state index contributed by atoms with van der Waals surface area (Å²) >= 11 is 0. The van der Waals surface area contributed by atoms with Crippen molar-refractivity contribution in [2.45, 2.75) is 6.36 Å². The Balaban J connectivity index is 1.38. The molecule has 0 bridgehead atoms. The van der Waals surface area contributed by atoms with Crippen LogP contribution >= 0.6 is 0 Å². The summed E-state index contributed by atoms with van der Waals surface area (Å²) in [6, 6.07) is 16.6. The molecule has 0 radical (unpaired) electrons. The van der Waals surface area contributed by atoms with E-state index in [2.05, 4.69) is 20.0 Å². The fourth-order valence-electron chi connectivity index (χ4n) is 2.75.